The molecule has 1 aromatic carbocycles. The van der Waals surface area contributed by atoms with Crippen LogP contribution in [0.5, 0.6) is 5.75 Å². The van der Waals surface area contributed by atoms with Crippen molar-refractivity contribution in [3.63, 3.8) is 0 Å². The number of carbonyl (C=O) groups excluding carboxylic acids is 3. The van der Waals surface area contributed by atoms with E-state index in [9.17, 15) is 14.4 Å². The van der Waals surface area contributed by atoms with E-state index in [0.717, 1.165) is 12.8 Å². The third kappa shape index (κ3) is 5.22. The van der Waals surface area contributed by atoms with Crippen LogP contribution in [0.15, 0.2) is 24.3 Å². The van der Waals surface area contributed by atoms with E-state index < -0.39 is 29.4 Å². The van der Waals surface area contributed by atoms with Gasteiger partial charge in [0, 0.05) is 20.0 Å². The van der Waals surface area contributed by atoms with Crippen LogP contribution in [0.2, 0.25) is 0 Å². The van der Waals surface area contributed by atoms with Crippen molar-refractivity contribution in [1.29, 1.82) is 0 Å². The molecule has 8 heteroatoms. The predicted molar refractivity (Wildman–Crippen MR) is 99.6 cm³/mol. The van der Waals surface area contributed by atoms with Gasteiger partial charge in [-0.2, -0.15) is 0 Å². The largest absolute Gasteiger partial charge is 0.465 e. The van der Waals surface area contributed by atoms with Crippen LogP contribution in [0, 0.1) is 0 Å². The van der Waals surface area contributed by atoms with Crippen molar-refractivity contribution in [2.45, 2.75) is 52.0 Å². The lowest BCUT2D eigenvalue weighted by atomic mass is 10.2. The van der Waals surface area contributed by atoms with Gasteiger partial charge in [0.05, 0.1) is 12.7 Å². The summed E-state index contributed by atoms with van der Waals surface area (Å²) in [5.74, 6) is -3.78. The van der Waals surface area contributed by atoms with Gasteiger partial charge in [-0.15, -0.1) is 0 Å². The van der Waals surface area contributed by atoms with Gasteiger partial charge in [0.2, 0.25) is 0 Å². The summed E-state index contributed by atoms with van der Waals surface area (Å²) in [4.78, 5) is 38.2. The smallest absolute Gasteiger partial charge is 0.422 e. The Balaban J connectivity index is 2.41. The minimum atomic E-state index is -2.04. The Labute approximate surface area is 164 Å². The topological polar surface area (TPSA) is 91.4 Å². The average molecular weight is 393 g/mol. The molecule has 0 bridgehead atoms. The minimum absolute atomic E-state index is 0.242. The van der Waals surface area contributed by atoms with Gasteiger partial charge >= 0.3 is 23.8 Å². The molecule has 1 atom stereocenters. The SMILES string of the molecule is COC(=O)c1ccc(OC(OC(C)=O)(C(=O)OC(C)(C)C)N2CCCC2)cc1. The maximum atomic E-state index is 13.1. The molecule has 28 heavy (non-hydrogen) atoms. The normalized spacial score (nSPS) is 16.8. The molecule has 0 radical (unpaired) electrons. The molecule has 1 saturated heterocycles. The molecule has 1 unspecified atom stereocenters. The van der Waals surface area contributed by atoms with E-state index in [0.29, 0.717) is 18.7 Å². The quantitative estimate of drug-likeness (QED) is 0.414. The molecule has 8 nitrogen and oxygen atoms in total. The standard InChI is InChI=1S/C20H27NO7/c1-14(22)26-20(21-12-6-7-13-21,18(24)28-19(2,3)4)27-16-10-8-15(9-11-16)17(23)25-5/h8-11H,6-7,12-13H2,1-5H3. The monoisotopic (exact) mass is 393 g/mol. The van der Waals surface area contributed by atoms with Gasteiger partial charge in [0.15, 0.2) is 0 Å². The van der Waals surface area contributed by atoms with Crippen LogP contribution in [-0.4, -0.2) is 54.5 Å². The van der Waals surface area contributed by atoms with Crippen LogP contribution in [0.3, 0.4) is 0 Å². The van der Waals surface area contributed by atoms with Gasteiger partial charge in [0.1, 0.15) is 11.4 Å². The molecule has 0 aliphatic carbocycles. The number of hydrogen-bond donors (Lipinski definition) is 0. The van der Waals surface area contributed by atoms with Crippen molar-refractivity contribution in [1.82, 2.24) is 4.90 Å². The molecule has 0 aromatic heterocycles. The molecule has 0 N–H and O–H groups in total. The fourth-order valence-corrected chi connectivity index (χ4v) is 2.85. The Morgan fingerprint density at radius 2 is 1.54 bits per heavy atom. The molecule has 1 aliphatic rings. The van der Waals surface area contributed by atoms with Crippen LogP contribution in [-0.2, 0) is 23.8 Å². The molecule has 1 fully saturated rings. The first-order chi connectivity index (χ1) is 13.1. The lowest BCUT2D eigenvalue weighted by Crippen LogP contribution is -2.62. The number of esters is 3. The number of methoxy groups -OCH3 is 1. The Kier molecular flexibility index (Phi) is 6.66. The van der Waals surface area contributed by atoms with Crippen LogP contribution in [0.25, 0.3) is 0 Å². The molecule has 1 aromatic rings. The van der Waals surface area contributed by atoms with E-state index in [-0.39, 0.29) is 5.75 Å². The van der Waals surface area contributed by atoms with Gasteiger partial charge in [-0.3, -0.25) is 4.79 Å². The first-order valence-corrected chi connectivity index (χ1v) is 9.13. The zero-order valence-corrected chi connectivity index (χ0v) is 16.9. The Bertz CT molecular complexity index is 717. The maximum absolute atomic E-state index is 13.1. The van der Waals surface area contributed by atoms with Crippen molar-refractivity contribution in [2.75, 3.05) is 20.2 Å². The zero-order valence-electron chi connectivity index (χ0n) is 16.9. The lowest BCUT2D eigenvalue weighted by molar-refractivity contribution is -0.267. The van der Waals surface area contributed by atoms with Gasteiger partial charge in [-0.1, -0.05) is 0 Å². The third-order valence-electron chi connectivity index (χ3n) is 3.99. The number of ether oxygens (including phenoxy) is 4. The average Bonchev–Trinajstić information content (AvgIpc) is 3.14. The molecule has 154 valence electrons. The second-order valence-electron chi connectivity index (χ2n) is 7.49. The van der Waals surface area contributed by atoms with Crippen molar-refractivity contribution in [2.24, 2.45) is 0 Å². The highest BCUT2D eigenvalue weighted by Gasteiger charge is 2.54. The molecule has 0 saturated carbocycles. The highest BCUT2D eigenvalue weighted by Crippen LogP contribution is 2.30. The van der Waals surface area contributed by atoms with Gasteiger partial charge in [0.25, 0.3) is 0 Å². The summed E-state index contributed by atoms with van der Waals surface area (Å²) in [7, 11) is 1.29. The van der Waals surface area contributed by atoms with Crippen LogP contribution in [0.4, 0.5) is 0 Å². The van der Waals surface area contributed by atoms with Crippen LogP contribution >= 0.6 is 0 Å². The summed E-state index contributed by atoms with van der Waals surface area (Å²) in [5.41, 5.74) is -0.480. The second kappa shape index (κ2) is 8.60. The van der Waals surface area contributed by atoms with Crippen LogP contribution in [0.1, 0.15) is 50.9 Å². The van der Waals surface area contributed by atoms with Crippen molar-refractivity contribution in [3.8, 4) is 5.75 Å². The van der Waals surface area contributed by atoms with Crippen molar-refractivity contribution >= 4 is 17.9 Å². The van der Waals surface area contributed by atoms with Gasteiger partial charge in [-0.25, -0.2) is 14.5 Å². The fourth-order valence-electron chi connectivity index (χ4n) is 2.85. The van der Waals surface area contributed by atoms with Crippen molar-refractivity contribution < 1.29 is 33.3 Å². The first kappa shape index (κ1) is 21.7. The molecular formula is C20H27NO7. The molecule has 2 rings (SSSR count). The molecule has 0 spiro atoms. The number of benzene rings is 1. The van der Waals surface area contributed by atoms with Gasteiger partial charge in [-0.05, 0) is 57.9 Å². The highest BCUT2D eigenvalue weighted by atomic mass is 16.8. The number of carbonyl (C=O) groups is 3. The molecule has 0 amide bonds. The summed E-state index contributed by atoms with van der Waals surface area (Å²) in [6, 6.07) is 6.01. The van der Waals surface area contributed by atoms with E-state index in [1.807, 2.05) is 0 Å². The summed E-state index contributed by atoms with van der Waals surface area (Å²) in [6.07, 6.45) is 1.66. The number of likely N-dealkylation sites (tertiary alicyclic amines) is 1. The summed E-state index contributed by atoms with van der Waals surface area (Å²) in [6.45, 7) is 7.38. The van der Waals surface area contributed by atoms with E-state index in [4.69, 9.17) is 14.2 Å². The Morgan fingerprint density at radius 3 is 2.00 bits per heavy atom. The number of rotatable bonds is 6. The summed E-state index contributed by atoms with van der Waals surface area (Å²) >= 11 is 0. The summed E-state index contributed by atoms with van der Waals surface area (Å²) < 4.78 is 21.5. The summed E-state index contributed by atoms with van der Waals surface area (Å²) in [5, 5.41) is 0. The molecule has 1 aliphatic heterocycles. The van der Waals surface area contributed by atoms with Gasteiger partial charge < -0.3 is 18.9 Å². The molecular weight excluding hydrogens is 366 g/mol. The minimum Gasteiger partial charge on any atom is -0.465 e. The van der Waals surface area contributed by atoms with Crippen LogP contribution < -0.4 is 4.74 Å². The fraction of sp³-hybridized carbons (Fsp3) is 0.550. The second-order valence-corrected chi connectivity index (χ2v) is 7.49. The maximum Gasteiger partial charge on any atom is 0.422 e. The van der Waals surface area contributed by atoms with E-state index >= 15 is 0 Å². The Hall–Kier alpha value is -2.61. The zero-order chi connectivity index (χ0) is 20.9. The predicted octanol–water partition coefficient (Wildman–Crippen LogP) is 2.51. The number of hydrogen-bond acceptors (Lipinski definition) is 8. The number of nitrogens with zero attached hydrogens (tertiary/aromatic N) is 1. The van der Waals surface area contributed by atoms with Crippen molar-refractivity contribution in [3.05, 3.63) is 29.8 Å². The van der Waals surface area contributed by atoms with E-state index in [2.05, 4.69) is 4.74 Å². The Morgan fingerprint density at radius 1 is 0.964 bits per heavy atom. The third-order valence-corrected chi connectivity index (χ3v) is 3.99. The van der Waals surface area contributed by atoms with E-state index in [1.165, 1.54) is 38.3 Å². The molecule has 1 heterocycles. The first-order valence-electron chi connectivity index (χ1n) is 9.13. The van der Waals surface area contributed by atoms with E-state index in [1.54, 1.807) is 25.7 Å². The highest BCUT2D eigenvalue weighted by molar-refractivity contribution is 5.89. The lowest BCUT2D eigenvalue weighted by Gasteiger charge is -2.38.